The quantitative estimate of drug-likeness (QED) is 0.379. The van der Waals surface area contributed by atoms with Crippen LogP contribution >= 0.6 is 0 Å². The van der Waals surface area contributed by atoms with Crippen LogP contribution in [-0.2, 0) is 4.74 Å². The lowest BCUT2D eigenvalue weighted by molar-refractivity contribution is 0.00732. The highest BCUT2D eigenvalue weighted by molar-refractivity contribution is 6.00. The molecule has 1 saturated carbocycles. The molecule has 0 radical (unpaired) electrons. The van der Waals surface area contributed by atoms with Crippen LogP contribution in [0.25, 0.3) is 5.65 Å². The van der Waals surface area contributed by atoms with Crippen molar-refractivity contribution < 1.29 is 18.3 Å². The van der Waals surface area contributed by atoms with Gasteiger partial charge in [0.2, 0.25) is 0 Å². The fourth-order valence-corrected chi connectivity index (χ4v) is 4.23. The van der Waals surface area contributed by atoms with Crippen molar-refractivity contribution in [2.24, 2.45) is 0 Å². The number of aromatic nitrogens is 4. The molecule has 0 spiro atoms. The fourth-order valence-electron chi connectivity index (χ4n) is 4.23. The third kappa shape index (κ3) is 4.97. The van der Waals surface area contributed by atoms with E-state index in [2.05, 4.69) is 26.0 Å². The van der Waals surface area contributed by atoms with E-state index >= 15 is 0 Å². The number of methoxy groups -OCH3 is 1. The molecule has 188 valence electrons. The zero-order valence-corrected chi connectivity index (χ0v) is 19.6. The molecule has 1 fully saturated rings. The first-order chi connectivity index (χ1) is 17.0. The number of carbonyl (C=O) groups excluding carboxylic acids is 1. The van der Waals surface area contributed by atoms with Gasteiger partial charge in [-0.05, 0) is 37.8 Å². The number of nitrogens with one attached hydrogen (secondary N) is 3. The summed E-state index contributed by atoms with van der Waals surface area (Å²) in [5.74, 6) is 0.525. The zero-order chi connectivity index (χ0) is 24.9. The van der Waals surface area contributed by atoms with E-state index in [1.165, 1.54) is 21.5 Å². The number of halogens is 2. The van der Waals surface area contributed by atoms with Gasteiger partial charge in [0.25, 0.3) is 11.5 Å². The lowest BCUT2D eigenvalue weighted by Crippen LogP contribution is -2.51. The molecular formula is C23H29F2N7O3. The van der Waals surface area contributed by atoms with Crippen LogP contribution < -0.4 is 21.5 Å². The SMILES string of the molecule is CNc1cc(Nc2cccn(C(CCF)CCF)c2=O)nc2c(C(=O)N[C@H]3CC[C@@H]3OC)cnn12. The van der Waals surface area contributed by atoms with Crippen LogP contribution in [-0.4, -0.2) is 64.7 Å². The van der Waals surface area contributed by atoms with Gasteiger partial charge >= 0.3 is 0 Å². The molecule has 12 heteroatoms. The molecule has 3 aromatic heterocycles. The molecule has 35 heavy (non-hydrogen) atoms. The van der Waals surface area contributed by atoms with Crippen LogP contribution in [0.2, 0.25) is 0 Å². The highest BCUT2D eigenvalue weighted by Gasteiger charge is 2.33. The summed E-state index contributed by atoms with van der Waals surface area (Å²) in [6.07, 6.45) is 4.75. The molecule has 0 aliphatic heterocycles. The number of alkyl halides is 2. The van der Waals surface area contributed by atoms with Gasteiger partial charge in [-0.25, -0.2) is 4.98 Å². The van der Waals surface area contributed by atoms with Gasteiger partial charge < -0.3 is 25.3 Å². The highest BCUT2D eigenvalue weighted by Crippen LogP contribution is 2.25. The Kier molecular flexibility index (Phi) is 7.59. The molecule has 10 nitrogen and oxygen atoms in total. The number of pyridine rings is 1. The summed E-state index contributed by atoms with van der Waals surface area (Å²) >= 11 is 0. The van der Waals surface area contributed by atoms with Gasteiger partial charge in [-0.3, -0.25) is 18.4 Å². The maximum Gasteiger partial charge on any atom is 0.274 e. The lowest BCUT2D eigenvalue weighted by Gasteiger charge is -2.35. The Hall–Kier alpha value is -3.54. The normalized spacial score (nSPS) is 17.4. The molecule has 0 unspecified atom stereocenters. The Morgan fingerprint density at radius 2 is 2.06 bits per heavy atom. The van der Waals surface area contributed by atoms with E-state index in [0.717, 1.165) is 12.8 Å². The molecule has 0 bridgehead atoms. The van der Waals surface area contributed by atoms with Crippen LogP contribution in [0.15, 0.2) is 35.4 Å². The minimum atomic E-state index is -0.656. The minimum absolute atomic E-state index is 0.0160. The van der Waals surface area contributed by atoms with Crippen LogP contribution in [0, 0.1) is 0 Å². The van der Waals surface area contributed by atoms with Crippen molar-refractivity contribution in [2.45, 2.75) is 43.9 Å². The summed E-state index contributed by atoms with van der Waals surface area (Å²) in [6.45, 7) is -1.31. The minimum Gasteiger partial charge on any atom is -0.379 e. The van der Waals surface area contributed by atoms with Gasteiger partial charge in [0.1, 0.15) is 22.9 Å². The Bertz CT molecular complexity index is 1240. The molecule has 1 amide bonds. The van der Waals surface area contributed by atoms with E-state index < -0.39 is 25.0 Å². The van der Waals surface area contributed by atoms with Crippen molar-refractivity contribution in [3.8, 4) is 0 Å². The Morgan fingerprint density at radius 1 is 1.29 bits per heavy atom. The van der Waals surface area contributed by atoms with E-state index in [4.69, 9.17) is 4.74 Å². The molecule has 3 N–H and O–H groups in total. The van der Waals surface area contributed by atoms with Gasteiger partial charge in [0, 0.05) is 32.5 Å². The molecular weight excluding hydrogens is 460 g/mol. The van der Waals surface area contributed by atoms with E-state index in [-0.39, 0.29) is 42.1 Å². The van der Waals surface area contributed by atoms with Gasteiger partial charge in [-0.1, -0.05) is 0 Å². The summed E-state index contributed by atoms with van der Waals surface area (Å²) in [4.78, 5) is 30.5. The van der Waals surface area contributed by atoms with Crippen molar-refractivity contribution in [3.63, 3.8) is 0 Å². The first kappa shape index (κ1) is 24.6. The number of nitrogens with zero attached hydrogens (tertiary/aromatic N) is 4. The van der Waals surface area contributed by atoms with E-state index in [9.17, 15) is 18.4 Å². The average molecular weight is 490 g/mol. The van der Waals surface area contributed by atoms with Gasteiger partial charge in [-0.2, -0.15) is 9.61 Å². The number of ether oxygens (including phenoxy) is 1. The topological polar surface area (TPSA) is 115 Å². The second-order valence-corrected chi connectivity index (χ2v) is 8.37. The maximum absolute atomic E-state index is 13.0. The molecule has 2 atom stereocenters. The first-order valence-electron chi connectivity index (χ1n) is 11.5. The third-order valence-corrected chi connectivity index (χ3v) is 6.32. The van der Waals surface area contributed by atoms with Crippen LogP contribution in [0.4, 0.5) is 26.1 Å². The Labute approximate surface area is 200 Å². The fraction of sp³-hybridized carbons (Fsp3) is 0.478. The average Bonchev–Trinajstić information content (AvgIpc) is 3.27. The van der Waals surface area contributed by atoms with Gasteiger partial charge in [-0.15, -0.1) is 0 Å². The van der Waals surface area contributed by atoms with Crippen molar-refractivity contribution in [1.29, 1.82) is 0 Å². The van der Waals surface area contributed by atoms with Crippen LogP contribution in [0.1, 0.15) is 42.1 Å². The second kappa shape index (κ2) is 10.8. The lowest BCUT2D eigenvalue weighted by atomic mass is 9.89. The van der Waals surface area contributed by atoms with Crippen molar-refractivity contribution in [1.82, 2.24) is 24.5 Å². The first-order valence-corrected chi connectivity index (χ1v) is 11.5. The zero-order valence-electron chi connectivity index (χ0n) is 19.6. The summed E-state index contributed by atoms with van der Waals surface area (Å²) < 4.78 is 34.1. The number of anilines is 3. The number of hydrogen-bond acceptors (Lipinski definition) is 7. The summed E-state index contributed by atoms with van der Waals surface area (Å²) in [6, 6.07) is 4.18. The molecule has 4 rings (SSSR count). The van der Waals surface area contributed by atoms with Gasteiger partial charge in [0.15, 0.2) is 5.65 Å². The van der Waals surface area contributed by atoms with E-state index in [1.807, 2.05) is 0 Å². The van der Waals surface area contributed by atoms with Gasteiger partial charge in [0.05, 0.1) is 31.7 Å². The second-order valence-electron chi connectivity index (χ2n) is 8.37. The summed E-state index contributed by atoms with van der Waals surface area (Å²) in [5, 5.41) is 13.2. The van der Waals surface area contributed by atoms with Crippen LogP contribution in [0.3, 0.4) is 0 Å². The number of hydrogen-bond donors (Lipinski definition) is 3. The van der Waals surface area contributed by atoms with Crippen molar-refractivity contribution in [2.75, 3.05) is 38.1 Å². The number of carbonyl (C=O) groups is 1. The third-order valence-electron chi connectivity index (χ3n) is 6.32. The molecule has 3 aromatic rings. The number of fused-ring (bicyclic) bond motifs is 1. The number of rotatable bonds is 11. The van der Waals surface area contributed by atoms with E-state index in [1.54, 1.807) is 32.4 Å². The van der Waals surface area contributed by atoms with Crippen LogP contribution in [0.5, 0.6) is 0 Å². The molecule has 0 aromatic carbocycles. The molecule has 3 heterocycles. The smallest absolute Gasteiger partial charge is 0.274 e. The highest BCUT2D eigenvalue weighted by atomic mass is 19.1. The summed E-state index contributed by atoms with van der Waals surface area (Å²) in [5.41, 5.74) is 0.351. The van der Waals surface area contributed by atoms with Crippen molar-refractivity contribution >= 4 is 28.9 Å². The van der Waals surface area contributed by atoms with E-state index in [0.29, 0.717) is 17.3 Å². The van der Waals surface area contributed by atoms with Crippen molar-refractivity contribution in [3.05, 3.63) is 46.5 Å². The summed E-state index contributed by atoms with van der Waals surface area (Å²) in [7, 11) is 3.32. The molecule has 1 aliphatic rings. The largest absolute Gasteiger partial charge is 0.379 e. The molecule has 0 saturated heterocycles. The monoisotopic (exact) mass is 489 g/mol. The number of amides is 1. The molecule has 1 aliphatic carbocycles. The Morgan fingerprint density at radius 3 is 2.69 bits per heavy atom. The Balaban J connectivity index is 1.65. The predicted octanol–water partition coefficient (Wildman–Crippen LogP) is 2.84. The maximum atomic E-state index is 13.0. The predicted molar refractivity (Wildman–Crippen MR) is 128 cm³/mol. The standard InChI is InChI=1S/C23H29F2N7O3/c1-26-20-12-19(28-17-4-3-11-31(23(17)34)14(7-9-24)8-10-25)30-21-15(13-27-32(20)21)22(33)29-16-5-6-18(16)35-2/h3-4,11-14,16,18,26H,5-10H2,1-2H3,(H,28,30)(H,29,33)/t16-,18-/m0/s1.